The first-order valence-electron chi connectivity index (χ1n) is 5.21. The fourth-order valence-electron chi connectivity index (χ4n) is 1.82. The molecule has 2 rings (SSSR count). The van der Waals surface area contributed by atoms with Gasteiger partial charge in [0, 0.05) is 24.4 Å². The van der Waals surface area contributed by atoms with Gasteiger partial charge in [-0.15, -0.1) is 0 Å². The summed E-state index contributed by atoms with van der Waals surface area (Å²) in [4.78, 5) is 32.8. The summed E-state index contributed by atoms with van der Waals surface area (Å²) in [6.45, 7) is 0.506. The van der Waals surface area contributed by atoms with Crippen LogP contribution in [0.2, 0.25) is 0 Å². The number of anilines is 1. The molecule has 0 aromatic carbocycles. The summed E-state index contributed by atoms with van der Waals surface area (Å²) in [5.74, 6) is -0.781. The van der Waals surface area contributed by atoms with E-state index in [-0.39, 0.29) is 30.7 Å². The zero-order valence-corrected chi connectivity index (χ0v) is 9.28. The summed E-state index contributed by atoms with van der Waals surface area (Å²) in [5.41, 5.74) is 7.68. The molecule has 18 heavy (non-hydrogen) atoms. The lowest BCUT2D eigenvalue weighted by Gasteiger charge is -2.14. The molecule has 1 aliphatic rings. The second-order valence-electron chi connectivity index (χ2n) is 3.92. The van der Waals surface area contributed by atoms with Crippen LogP contribution in [0.5, 0.6) is 5.88 Å². The molecule has 9 heteroatoms. The van der Waals surface area contributed by atoms with Crippen molar-refractivity contribution in [2.45, 2.75) is 6.42 Å². The van der Waals surface area contributed by atoms with Gasteiger partial charge in [0.05, 0.1) is 6.07 Å². The first kappa shape index (κ1) is 11.9. The Morgan fingerprint density at radius 1 is 1.67 bits per heavy atom. The minimum atomic E-state index is -0.538. The summed E-state index contributed by atoms with van der Waals surface area (Å²) in [6.07, 6.45) is 0.221. The largest absolute Gasteiger partial charge is 0.493 e. The van der Waals surface area contributed by atoms with E-state index in [0.717, 1.165) is 6.07 Å². The van der Waals surface area contributed by atoms with Crippen LogP contribution in [0.3, 0.4) is 0 Å². The van der Waals surface area contributed by atoms with E-state index in [1.165, 1.54) is 4.90 Å². The highest BCUT2D eigenvalue weighted by atomic mass is 16.3. The molecule has 0 aliphatic carbocycles. The fourth-order valence-corrected chi connectivity index (χ4v) is 1.82. The summed E-state index contributed by atoms with van der Waals surface area (Å²) in [6, 6.07) is 0.918. The average molecular weight is 250 g/mol. The molecule has 0 bridgehead atoms. The molecule has 1 aliphatic heterocycles. The van der Waals surface area contributed by atoms with Crippen LogP contribution in [0.15, 0.2) is 16.0 Å². The quantitative estimate of drug-likeness (QED) is 0.448. The van der Waals surface area contributed by atoms with Crippen LogP contribution in [0, 0.1) is 5.92 Å². The number of hydrogen-bond acceptors (Lipinski definition) is 5. The second-order valence-corrected chi connectivity index (χ2v) is 3.92. The van der Waals surface area contributed by atoms with E-state index in [1.54, 1.807) is 0 Å². The lowest BCUT2D eigenvalue weighted by Crippen LogP contribution is -2.28. The van der Waals surface area contributed by atoms with E-state index in [1.807, 2.05) is 0 Å². The fraction of sp³-hybridized carbons (Fsp3) is 0.444. The summed E-state index contributed by atoms with van der Waals surface area (Å²) in [5, 5.41) is 12.6. The third-order valence-corrected chi connectivity index (χ3v) is 2.58. The van der Waals surface area contributed by atoms with Crippen molar-refractivity contribution in [3.05, 3.63) is 26.9 Å². The molecular formula is C9H10N6O3. The monoisotopic (exact) mass is 250 g/mol. The zero-order chi connectivity index (χ0) is 13.1. The maximum Gasteiger partial charge on any atom is 0.256 e. The highest BCUT2D eigenvalue weighted by Gasteiger charge is 2.31. The van der Waals surface area contributed by atoms with E-state index in [2.05, 4.69) is 20.0 Å². The van der Waals surface area contributed by atoms with Gasteiger partial charge >= 0.3 is 0 Å². The molecule has 1 atom stereocenters. The highest BCUT2D eigenvalue weighted by molar-refractivity contribution is 5.94. The van der Waals surface area contributed by atoms with Gasteiger partial charge in [-0.1, -0.05) is 5.11 Å². The van der Waals surface area contributed by atoms with Gasteiger partial charge in [0.1, 0.15) is 0 Å². The second kappa shape index (κ2) is 4.76. The van der Waals surface area contributed by atoms with Crippen LogP contribution in [-0.2, 0) is 4.79 Å². The van der Waals surface area contributed by atoms with Crippen molar-refractivity contribution < 1.29 is 9.90 Å². The van der Waals surface area contributed by atoms with Gasteiger partial charge in [0.15, 0.2) is 0 Å². The predicted molar refractivity (Wildman–Crippen MR) is 61.0 cm³/mol. The van der Waals surface area contributed by atoms with E-state index in [9.17, 15) is 14.7 Å². The number of aromatic hydroxyl groups is 1. The van der Waals surface area contributed by atoms with Gasteiger partial charge < -0.3 is 5.11 Å². The van der Waals surface area contributed by atoms with Gasteiger partial charge in [-0.25, -0.2) is 0 Å². The van der Waals surface area contributed by atoms with Crippen molar-refractivity contribution in [3.8, 4) is 5.88 Å². The summed E-state index contributed by atoms with van der Waals surface area (Å²) >= 11 is 0. The number of nitrogens with zero attached hydrogens (tertiary/aromatic N) is 5. The highest BCUT2D eigenvalue weighted by Crippen LogP contribution is 2.22. The first-order valence-corrected chi connectivity index (χ1v) is 5.21. The van der Waals surface area contributed by atoms with E-state index >= 15 is 0 Å². The van der Waals surface area contributed by atoms with Crippen LogP contribution in [0.25, 0.3) is 10.4 Å². The number of carbonyl (C=O) groups is 1. The van der Waals surface area contributed by atoms with Gasteiger partial charge in [0.25, 0.3) is 5.56 Å². The molecule has 2 heterocycles. The number of aromatic nitrogens is 2. The molecule has 1 amide bonds. The Bertz CT molecular complexity index is 576. The van der Waals surface area contributed by atoms with Crippen molar-refractivity contribution in [1.29, 1.82) is 0 Å². The smallest absolute Gasteiger partial charge is 0.256 e. The Hall–Kier alpha value is -2.54. The van der Waals surface area contributed by atoms with Crippen molar-refractivity contribution in [3.63, 3.8) is 0 Å². The Morgan fingerprint density at radius 2 is 2.44 bits per heavy atom. The lowest BCUT2D eigenvalue weighted by molar-refractivity contribution is -0.117. The van der Waals surface area contributed by atoms with Gasteiger partial charge in [-0.05, 0) is 11.4 Å². The van der Waals surface area contributed by atoms with Crippen LogP contribution in [0.1, 0.15) is 6.42 Å². The van der Waals surface area contributed by atoms with Crippen LogP contribution in [-0.4, -0.2) is 34.1 Å². The number of aromatic amines is 1. The summed E-state index contributed by atoms with van der Waals surface area (Å²) < 4.78 is 0. The van der Waals surface area contributed by atoms with Crippen LogP contribution < -0.4 is 10.5 Å². The molecule has 0 radical (unpaired) electrons. The molecule has 0 spiro atoms. The van der Waals surface area contributed by atoms with Crippen molar-refractivity contribution in [1.82, 2.24) is 9.97 Å². The van der Waals surface area contributed by atoms with Gasteiger partial charge in [-0.2, -0.15) is 4.98 Å². The molecule has 1 fully saturated rings. The Balaban J connectivity index is 2.21. The third-order valence-electron chi connectivity index (χ3n) is 2.58. The molecule has 0 saturated carbocycles. The van der Waals surface area contributed by atoms with Crippen molar-refractivity contribution in [2.75, 3.05) is 18.0 Å². The minimum absolute atomic E-state index is 0.00781. The van der Waals surface area contributed by atoms with Crippen LogP contribution in [0.4, 0.5) is 5.95 Å². The van der Waals surface area contributed by atoms with Crippen LogP contribution >= 0.6 is 0 Å². The number of carbonyl (C=O) groups excluding carboxylic acids is 1. The van der Waals surface area contributed by atoms with Gasteiger partial charge in [0.2, 0.25) is 17.7 Å². The first-order chi connectivity index (χ1) is 8.60. The molecule has 1 aromatic rings. The number of hydrogen-bond donors (Lipinski definition) is 2. The summed E-state index contributed by atoms with van der Waals surface area (Å²) in [7, 11) is 0. The van der Waals surface area contributed by atoms with Crippen molar-refractivity contribution >= 4 is 11.9 Å². The number of azide groups is 1. The average Bonchev–Trinajstić information content (AvgIpc) is 2.66. The number of nitrogens with one attached hydrogen (secondary N) is 1. The molecule has 1 saturated heterocycles. The number of amides is 1. The van der Waals surface area contributed by atoms with Gasteiger partial charge in [-0.3, -0.25) is 19.5 Å². The Kier molecular flexibility index (Phi) is 3.16. The lowest BCUT2D eigenvalue weighted by atomic mass is 10.1. The Morgan fingerprint density at radius 3 is 3.11 bits per heavy atom. The third kappa shape index (κ3) is 2.41. The number of H-pyrrole nitrogens is 1. The molecule has 1 aromatic heterocycles. The number of rotatable bonds is 3. The predicted octanol–water partition coefficient (Wildman–Crippen LogP) is 0.139. The zero-order valence-electron chi connectivity index (χ0n) is 9.28. The molecular weight excluding hydrogens is 240 g/mol. The molecule has 94 valence electrons. The minimum Gasteiger partial charge on any atom is -0.493 e. The molecule has 2 N–H and O–H groups in total. The maximum absolute atomic E-state index is 11.7. The molecule has 9 nitrogen and oxygen atoms in total. The molecule has 1 unspecified atom stereocenters. The van der Waals surface area contributed by atoms with E-state index < -0.39 is 11.4 Å². The van der Waals surface area contributed by atoms with E-state index in [0.29, 0.717) is 6.54 Å². The van der Waals surface area contributed by atoms with Crippen molar-refractivity contribution in [2.24, 2.45) is 11.0 Å². The normalized spacial score (nSPS) is 18.8. The Labute approximate surface area is 101 Å². The maximum atomic E-state index is 11.7. The SMILES string of the molecule is [N-]=[N+]=NCC1CC(=O)N(c2nc(O)cc(=O)[nH]2)C1. The van der Waals surface area contributed by atoms with E-state index in [4.69, 9.17) is 5.53 Å². The standard InChI is InChI=1S/C9H10N6O3/c10-14-11-3-5-1-8(18)15(4-5)9-12-6(16)2-7(17)13-9/h2,5H,1,3-4H2,(H2,12,13,16,17). The topological polar surface area (TPSA) is 135 Å².